The molecule has 1 aromatic rings. The van der Waals surface area contributed by atoms with E-state index < -0.39 is 0 Å². The molecule has 7 heteroatoms. The lowest BCUT2D eigenvalue weighted by Gasteiger charge is -2.20. The number of hydrogen-bond acceptors (Lipinski definition) is 4. The number of rotatable bonds is 8. The smallest absolute Gasteiger partial charge is 0.225 e. The molecule has 1 saturated heterocycles. The molecular formula is C20H32N4O3. The number of carbonyl (C=O) groups excluding carboxylic acids is 1. The van der Waals surface area contributed by atoms with Gasteiger partial charge in [-0.15, -0.1) is 0 Å². The third-order valence-electron chi connectivity index (χ3n) is 4.47. The summed E-state index contributed by atoms with van der Waals surface area (Å²) in [5.74, 6) is 1.82. The van der Waals surface area contributed by atoms with Gasteiger partial charge in [-0.05, 0) is 24.1 Å². The number of guanidine groups is 1. The van der Waals surface area contributed by atoms with Crippen LogP contribution in [0.1, 0.15) is 25.8 Å². The van der Waals surface area contributed by atoms with E-state index in [4.69, 9.17) is 9.47 Å². The van der Waals surface area contributed by atoms with Crippen molar-refractivity contribution in [1.29, 1.82) is 0 Å². The maximum absolute atomic E-state index is 12.1. The fraction of sp³-hybridized carbons (Fsp3) is 0.600. The van der Waals surface area contributed by atoms with Crippen molar-refractivity contribution < 1.29 is 14.3 Å². The largest absolute Gasteiger partial charge is 0.491 e. The molecule has 1 unspecified atom stereocenters. The van der Waals surface area contributed by atoms with Crippen molar-refractivity contribution in [1.82, 2.24) is 15.5 Å². The second-order valence-corrected chi connectivity index (χ2v) is 6.98. The molecule has 0 aliphatic carbocycles. The first-order valence-corrected chi connectivity index (χ1v) is 9.50. The minimum Gasteiger partial charge on any atom is -0.491 e. The molecule has 2 N–H and O–H groups in total. The molecule has 0 bridgehead atoms. The van der Waals surface area contributed by atoms with Crippen LogP contribution in [-0.4, -0.2) is 63.3 Å². The third-order valence-corrected chi connectivity index (χ3v) is 4.47. The SMILES string of the molecule is CN=C(NCc1cccc(OCCOC)c1)NC1CCN(C(=O)C(C)C)C1. The van der Waals surface area contributed by atoms with E-state index in [2.05, 4.69) is 15.6 Å². The van der Waals surface area contributed by atoms with Crippen LogP contribution < -0.4 is 15.4 Å². The van der Waals surface area contributed by atoms with Gasteiger partial charge in [0.2, 0.25) is 5.91 Å². The van der Waals surface area contributed by atoms with Crippen LogP contribution in [0.25, 0.3) is 0 Å². The molecule has 1 heterocycles. The maximum Gasteiger partial charge on any atom is 0.225 e. The van der Waals surface area contributed by atoms with E-state index >= 15 is 0 Å². The summed E-state index contributed by atoms with van der Waals surface area (Å²) < 4.78 is 10.6. The van der Waals surface area contributed by atoms with Gasteiger partial charge >= 0.3 is 0 Å². The zero-order chi connectivity index (χ0) is 19.6. The molecule has 1 atom stereocenters. The summed E-state index contributed by atoms with van der Waals surface area (Å²) in [7, 11) is 3.41. The molecule has 1 aliphatic heterocycles. The van der Waals surface area contributed by atoms with Crippen molar-refractivity contribution in [2.24, 2.45) is 10.9 Å². The number of likely N-dealkylation sites (tertiary alicyclic amines) is 1. The first-order chi connectivity index (χ1) is 13.0. The van der Waals surface area contributed by atoms with Gasteiger partial charge < -0.3 is 25.0 Å². The Morgan fingerprint density at radius 3 is 2.89 bits per heavy atom. The molecule has 0 saturated carbocycles. The standard InChI is InChI=1S/C20H32N4O3/c1-15(2)19(25)24-9-8-17(14-24)23-20(21-3)22-13-16-6-5-7-18(12-16)27-11-10-26-4/h5-7,12,15,17H,8-11,13-14H2,1-4H3,(H2,21,22,23). The zero-order valence-corrected chi connectivity index (χ0v) is 16.8. The summed E-state index contributed by atoms with van der Waals surface area (Å²) in [4.78, 5) is 18.3. The average molecular weight is 377 g/mol. The highest BCUT2D eigenvalue weighted by Gasteiger charge is 2.27. The highest BCUT2D eigenvalue weighted by molar-refractivity contribution is 5.81. The summed E-state index contributed by atoms with van der Waals surface area (Å²) in [6.07, 6.45) is 0.933. The second kappa shape index (κ2) is 10.8. The number of nitrogens with one attached hydrogen (secondary N) is 2. The number of amides is 1. The minimum atomic E-state index is 0.0413. The summed E-state index contributed by atoms with van der Waals surface area (Å²) in [6.45, 7) is 7.14. The molecular weight excluding hydrogens is 344 g/mol. The Morgan fingerprint density at radius 1 is 1.37 bits per heavy atom. The normalized spacial score (nSPS) is 17.3. The fourth-order valence-corrected chi connectivity index (χ4v) is 3.01. The molecule has 150 valence electrons. The lowest BCUT2D eigenvalue weighted by molar-refractivity contribution is -0.133. The van der Waals surface area contributed by atoms with Crippen LogP contribution in [0.15, 0.2) is 29.3 Å². The van der Waals surface area contributed by atoms with Crippen molar-refractivity contribution in [3.8, 4) is 5.75 Å². The Morgan fingerprint density at radius 2 is 2.19 bits per heavy atom. The van der Waals surface area contributed by atoms with Gasteiger partial charge in [0.05, 0.1) is 6.61 Å². The molecule has 0 radical (unpaired) electrons. The van der Waals surface area contributed by atoms with Gasteiger partial charge in [0.15, 0.2) is 5.96 Å². The lowest BCUT2D eigenvalue weighted by atomic mass is 10.2. The molecule has 2 rings (SSSR count). The predicted molar refractivity (Wildman–Crippen MR) is 107 cm³/mol. The van der Waals surface area contributed by atoms with Crippen molar-refractivity contribution >= 4 is 11.9 Å². The number of ether oxygens (including phenoxy) is 2. The Labute approximate surface area is 162 Å². The molecule has 0 aromatic heterocycles. The summed E-state index contributed by atoms with van der Waals surface area (Å²) in [5, 5.41) is 6.74. The van der Waals surface area contributed by atoms with Crippen LogP contribution >= 0.6 is 0 Å². The first-order valence-electron chi connectivity index (χ1n) is 9.50. The number of nitrogens with zero attached hydrogens (tertiary/aromatic N) is 2. The fourth-order valence-electron chi connectivity index (χ4n) is 3.01. The van der Waals surface area contributed by atoms with Crippen LogP contribution in [0.3, 0.4) is 0 Å². The van der Waals surface area contributed by atoms with Gasteiger partial charge in [-0.1, -0.05) is 26.0 Å². The predicted octanol–water partition coefficient (Wildman–Crippen LogP) is 1.63. The van der Waals surface area contributed by atoms with E-state index in [1.54, 1.807) is 14.2 Å². The first kappa shape index (κ1) is 21.0. The molecule has 0 spiro atoms. The average Bonchev–Trinajstić information content (AvgIpc) is 3.13. The molecule has 27 heavy (non-hydrogen) atoms. The van der Waals surface area contributed by atoms with Gasteiger partial charge in [-0.25, -0.2) is 0 Å². The molecule has 7 nitrogen and oxygen atoms in total. The van der Waals surface area contributed by atoms with Crippen molar-refractivity contribution in [3.63, 3.8) is 0 Å². The van der Waals surface area contributed by atoms with Crippen molar-refractivity contribution in [2.75, 3.05) is 40.5 Å². The number of hydrogen-bond donors (Lipinski definition) is 2. The summed E-state index contributed by atoms with van der Waals surface area (Å²) in [5.41, 5.74) is 1.11. The van der Waals surface area contributed by atoms with Gasteiger partial charge in [0.1, 0.15) is 12.4 Å². The van der Waals surface area contributed by atoms with Crippen LogP contribution in [0.5, 0.6) is 5.75 Å². The highest BCUT2D eigenvalue weighted by atomic mass is 16.5. The molecule has 1 fully saturated rings. The summed E-state index contributed by atoms with van der Waals surface area (Å²) in [6, 6.07) is 8.19. The van der Waals surface area contributed by atoms with Crippen LogP contribution in [-0.2, 0) is 16.1 Å². The van der Waals surface area contributed by atoms with Crippen LogP contribution in [0, 0.1) is 5.92 Å². The summed E-state index contributed by atoms with van der Waals surface area (Å²) >= 11 is 0. The Kier molecular flexibility index (Phi) is 8.39. The van der Waals surface area contributed by atoms with Gasteiger partial charge in [0, 0.05) is 45.8 Å². The van der Waals surface area contributed by atoms with E-state index in [9.17, 15) is 4.79 Å². The molecule has 1 amide bonds. The molecule has 1 aromatic carbocycles. The minimum absolute atomic E-state index is 0.0413. The monoisotopic (exact) mass is 376 g/mol. The van der Waals surface area contributed by atoms with Crippen molar-refractivity contribution in [2.45, 2.75) is 32.9 Å². The number of methoxy groups -OCH3 is 1. The number of benzene rings is 1. The van der Waals surface area contributed by atoms with Crippen molar-refractivity contribution in [3.05, 3.63) is 29.8 Å². The van der Waals surface area contributed by atoms with E-state index in [-0.39, 0.29) is 17.9 Å². The third kappa shape index (κ3) is 6.75. The number of aliphatic imine (C=N–C) groups is 1. The van der Waals surface area contributed by atoms with Gasteiger partial charge in [-0.3, -0.25) is 9.79 Å². The Balaban J connectivity index is 1.81. The topological polar surface area (TPSA) is 75.2 Å². The van der Waals surface area contributed by atoms with Gasteiger partial charge in [-0.2, -0.15) is 0 Å². The second-order valence-electron chi connectivity index (χ2n) is 6.98. The van der Waals surface area contributed by atoms with Crippen LogP contribution in [0.2, 0.25) is 0 Å². The van der Waals surface area contributed by atoms with Gasteiger partial charge in [0.25, 0.3) is 0 Å². The quantitative estimate of drug-likeness (QED) is 0.410. The molecule has 1 aliphatic rings. The Hall–Kier alpha value is -2.28. The lowest BCUT2D eigenvalue weighted by Crippen LogP contribution is -2.45. The zero-order valence-electron chi connectivity index (χ0n) is 16.8. The maximum atomic E-state index is 12.1. The Bertz CT molecular complexity index is 633. The van der Waals surface area contributed by atoms with E-state index in [0.29, 0.717) is 19.8 Å². The number of carbonyl (C=O) groups is 1. The van der Waals surface area contributed by atoms with Crippen LogP contribution in [0.4, 0.5) is 0 Å². The highest BCUT2D eigenvalue weighted by Crippen LogP contribution is 2.14. The van der Waals surface area contributed by atoms with E-state index in [1.807, 2.05) is 43.0 Å². The van der Waals surface area contributed by atoms with E-state index in [1.165, 1.54) is 0 Å². The van der Waals surface area contributed by atoms with E-state index in [0.717, 1.165) is 36.8 Å².